The van der Waals surface area contributed by atoms with Gasteiger partial charge in [-0.3, -0.25) is 0 Å². The predicted molar refractivity (Wildman–Crippen MR) is 80.2 cm³/mol. The van der Waals surface area contributed by atoms with E-state index in [0.29, 0.717) is 5.56 Å². The number of carbonyl (C=O) groups is 1. The molecule has 24 heavy (non-hydrogen) atoms. The molecule has 0 amide bonds. The quantitative estimate of drug-likeness (QED) is 0.243. The van der Waals surface area contributed by atoms with Crippen molar-refractivity contribution in [2.75, 3.05) is 6.61 Å². The van der Waals surface area contributed by atoms with E-state index in [1.165, 1.54) is 13.8 Å². The van der Waals surface area contributed by atoms with E-state index in [0.717, 1.165) is 0 Å². The first kappa shape index (κ1) is 20.0. The van der Waals surface area contributed by atoms with Crippen molar-refractivity contribution in [1.82, 2.24) is 0 Å². The van der Waals surface area contributed by atoms with Gasteiger partial charge in [0.15, 0.2) is 0 Å². The van der Waals surface area contributed by atoms with Gasteiger partial charge in [0.05, 0.1) is 12.2 Å². The normalized spacial score (nSPS) is 13.2. The Kier molecular flexibility index (Phi) is 6.82. The monoisotopic (exact) mass is 366 g/mol. The van der Waals surface area contributed by atoms with Gasteiger partial charge >= 0.3 is 21.6 Å². The highest BCUT2D eigenvalue weighted by Crippen LogP contribution is 2.29. The van der Waals surface area contributed by atoms with E-state index in [1.54, 1.807) is 30.3 Å². The molecule has 0 fully saturated rings. The van der Waals surface area contributed by atoms with Crippen LogP contribution in [0.25, 0.3) is 0 Å². The van der Waals surface area contributed by atoms with Gasteiger partial charge in [0.1, 0.15) is 5.76 Å². The summed E-state index contributed by atoms with van der Waals surface area (Å²) in [5, 5.41) is 0. The van der Waals surface area contributed by atoms with E-state index in [4.69, 9.17) is 4.74 Å². The van der Waals surface area contributed by atoms with Crippen LogP contribution >= 0.6 is 0 Å². The highest BCUT2D eigenvalue weighted by atomic mass is 32.2. The third-order valence-corrected chi connectivity index (χ3v) is 3.90. The van der Waals surface area contributed by atoms with Crippen LogP contribution in [0.1, 0.15) is 25.8 Å². The highest BCUT2D eigenvalue weighted by molar-refractivity contribution is 7.87. The van der Waals surface area contributed by atoms with Crippen molar-refractivity contribution in [2.24, 2.45) is 0 Å². The zero-order valence-corrected chi connectivity index (χ0v) is 13.9. The number of allylic oxidation sites excluding steroid dienone is 1. The van der Waals surface area contributed by atoms with Crippen LogP contribution in [0, 0.1) is 0 Å². The molecule has 1 aromatic rings. The Morgan fingerprint density at radius 2 is 1.71 bits per heavy atom. The van der Waals surface area contributed by atoms with Gasteiger partial charge in [-0.15, -0.1) is 0 Å². The average Bonchev–Trinajstić information content (AvgIpc) is 2.47. The standard InChI is InChI=1S/C15H17F3O5S/c1-3-12(14(19)22-4-2)13(10-11-8-6-5-7-9-11)23-24(20,21)15(16,17)18/h5-9H,3-4,10H2,1-2H3/b13-12+. The maximum absolute atomic E-state index is 12.6. The lowest BCUT2D eigenvalue weighted by Gasteiger charge is -2.16. The zero-order valence-electron chi connectivity index (χ0n) is 13.1. The lowest BCUT2D eigenvalue weighted by molar-refractivity contribution is -0.138. The summed E-state index contributed by atoms with van der Waals surface area (Å²) in [6.07, 6.45) is -0.341. The fraction of sp³-hybridized carbons (Fsp3) is 0.400. The van der Waals surface area contributed by atoms with E-state index < -0.39 is 27.4 Å². The van der Waals surface area contributed by atoms with Gasteiger partial charge in [0.25, 0.3) is 0 Å². The molecule has 0 aliphatic carbocycles. The van der Waals surface area contributed by atoms with Crippen molar-refractivity contribution < 1.29 is 35.3 Å². The molecule has 9 heteroatoms. The molecular weight excluding hydrogens is 349 g/mol. The summed E-state index contributed by atoms with van der Waals surface area (Å²) in [6, 6.07) is 8.08. The van der Waals surface area contributed by atoms with Crippen molar-refractivity contribution in [3.05, 3.63) is 47.2 Å². The molecule has 0 aromatic heterocycles. The molecule has 0 aliphatic rings. The maximum atomic E-state index is 12.6. The Balaban J connectivity index is 3.32. The van der Waals surface area contributed by atoms with Crippen molar-refractivity contribution >= 4 is 16.1 Å². The largest absolute Gasteiger partial charge is 0.534 e. The number of alkyl halides is 3. The second-order valence-electron chi connectivity index (χ2n) is 4.62. The van der Waals surface area contributed by atoms with Crippen molar-refractivity contribution in [1.29, 1.82) is 0 Å². The van der Waals surface area contributed by atoms with E-state index in [-0.39, 0.29) is 25.0 Å². The summed E-state index contributed by atoms with van der Waals surface area (Å²) in [5.41, 5.74) is -5.36. The van der Waals surface area contributed by atoms with E-state index in [9.17, 15) is 26.4 Å². The number of hydrogen-bond acceptors (Lipinski definition) is 5. The molecule has 0 saturated carbocycles. The highest BCUT2D eigenvalue weighted by Gasteiger charge is 2.49. The minimum atomic E-state index is -5.89. The number of rotatable bonds is 7. The second kappa shape index (κ2) is 8.18. The SMILES string of the molecule is CCOC(=O)/C(CC)=C(\Cc1ccccc1)OS(=O)(=O)C(F)(F)F. The third kappa shape index (κ3) is 5.26. The minimum Gasteiger partial charge on any atom is -0.463 e. The van der Waals surface area contributed by atoms with Crippen LogP contribution in [0.4, 0.5) is 13.2 Å². The summed E-state index contributed by atoms with van der Waals surface area (Å²) in [6.45, 7) is 3.00. The minimum absolute atomic E-state index is 0.00697. The molecule has 1 aromatic carbocycles. The van der Waals surface area contributed by atoms with Crippen molar-refractivity contribution in [3.63, 3.8) is 0 Å². The van der Waals surface area contributed by atoms with Crippen LogP contribution in [0.3, 0.4) is 0 Å². The molecule has 0 atom stereocenters. The molecule has 0 saturated heterocycles. The topological polar surface area (TPSA) is 69.7 Å². The number of halogens is 3. The number of esters is 1. The molecule has 0 spiro atoms. The Labute approximate surface area is 138 Å². The smallest absolute Gasteiger partial charge is 0.463 e. The summed E-state index contributed by atoms with van der Waals surface area (Å²) < 4.78 is 69.4. The van der Waals surface area contributed by atoms with Gasteiger partial charge in [0.2, 0.25) is 0 Å². The number of benzene rings is 1. The molecule has 0 unspecified atom stereocenters. The van der Waals surface area contributed by atoms with Crippen LogP contribution in [0.15, 0.2) is 41.7 Å². The lowest BCUT2D eigenvalue weighted by atomic mass is 10.1. The van der Waals surface area contributed by atoms with Crippen molar-refractivity contribution in [3.8, 4) is 0 Å². The lowest BCUT2D eigenvalue weighted by Crippen LogP contribution is -2.27. The molecular formula is C15H17F3O5S. The van der Waals surface area contributed by atoms with Crippen LogP contribution in [0.2, 0.25) is 0 Å². The molecule has 0 bridgehead atoms. The summed E-state index contributed by atoms with van der Waals surface area (Å²) in [5.74, 6) is -1.51. The van der Waals surface area contributed by atoms with Crippen LogP contribution < -0.4 is 0 Å². The van der Waals surface area contributed by atoms with E-state index >= 15 is 0 Å². The van der Waals surface area contributed by atoms with E-state index in [1.807, 2.05) is 0 Å². The van der Waals surface area contributed by atoms with Gasteiger partial charge in [-0.25, -0.2) is 4.79 Å². The Morgan fingerprint density at radius 3 is 2.17 bits per heavy atom. The number of hydrogen-bond donors (Lipinski definition) is 0. The van der Waals surface area contributed by atoms with Crippen molar-refractivity contribution in [2.45, 2.75) is 32.2 Å². The summed E-state index contributed by atoms with van der Waals surface area (Å²) in [7, 11) is -5.89. The first-order chi connectivity index (χ1) is 11.1. The Morgan fingerprint density at radius 1 is 1.12 bits per heavy atom. The molecule has 0 N–H and O–H groups in total. The first-order valence-corrected chi connectivity index (χ1v) is 8.47. The van der Waals surface area contributed by atoms with Gasteiger partial charge < -0.3 is 8.92 Å². The molecule has 1 rings (SSSR count). The predicted octanol–water partition coefficient (Wildman–Crippen LogP) is 3.32. The first-order valence-electron chi connectivity index (χ1n) is 7.06. The fourth-order valence-electron chi connectivity index (χ4n) is 1.82. The summed E-state index contributed by atoms with van der Waals surface area (Å²) in [4.78, 5) is 11.9. The maximum Gasteiger partial charge on any atom is 0.534 e. The zero-order chi connectivity index (χ0) is 18.4. The fourth-order valence-corrected chi connectivity index (χ4v) is 2.34. The summed E-state index contributed by atoms with van der Waals surface area (Å²) >= 11 is 0. The number of carbonyl (C=O) groups excluding carboxylic acids is 1. The average molecular weight is 366 g/mol. The second-order valence-corrected chi connectivity index (χ2v) is 6.16. The van der Waals surface area contributed by atoms with Crippen LogP contribution in [-0.4, -0.2) is 26.5 Å². The third-order valence-electron chi connectivity index (χ3n) is 2.91. The van der Waals surface area contributed by atoms with Gasteiger partial charge in [-0.05, 0) is 18.9 Å². The van der Waals surface area contributed by atoms with Gasteiger partial charge in [-0.2, -0.15) is 21.6 Å². The van der Waals surface area contributed by atoms with Crippen LogP contribution in [-0.2, 0) is 30.3 Å². The molecule has 134 valence electrons. The molecule has 0 aliphatic heterocycles. The Bertz CT molecular complexity index is 694. The van der Waals surface area contributed by atoms with Gasteiger partial charge in [-0.1, -0.05) is 37.3 Å². The van der Waals surface area contributed by atoms with Crippen LogP contribution in [0.5, 0.6) is 0 Å². The Hall–Kier alpha value is -2.03. The molecule has 0 radical (unpaired) electrons. The van der Waals surface area contributed by atoms with E-state index in [2.05, 4.69) is 4.18 Å². The molecule has 5 nitrogen and oxygen atoms in total. The molecule has 0 heterocycles. The number of ether oxygens (including phenoxy) is 1. The van der Waals surface area contributed by atoms with Gasteiger partial charge in [0, 0.05) is 6.42 Å².